The van der Waals surface area contributed by atoms with Gasteiger partial charge < -0.3 is 0 Å². The van der Waals surface area contributed by atoms with Crippen LogP contribution >= 0.6 is 15.9 Å². The highest BCUT2D eigenvalue weighted by Gasteiger charge is 2.06. The van der Waals surface area contributed by atoms with Crippen molar-refractivity contribution in [2.45, 2.75) is 13.5 Å². The van der Waals surface area contributed by atoms with Crippen molar-refractivity contribution in [2.75, 3.05) is 13.1 Å². The van der Waals surface area contributed by atoms with Gasteiger partial charge in [-0.15, -0.1) is 0 Å². The van der Waals surface area contributed by atoms with Crippen LogP contribution in [0, 0.1) is 17.1 Å². The number of nitrogens with zero attached hydrogens (tertiary/aromatic N) is 2. The molecule has 80 valence electrons. The highest BCUT2D eigenvalue weighted by molar-refractivity contribution is 9.10. The molecular formula is C11H12BrFN2. The fraction of sp³-hybridized carbons (Fsp3) is 0.364. The van der Waals surface area contributed by atoms with Crippen molar-refractivity contribution in [3.63, 3.8) is 0 Å². The predicted octanol–water partition coefficient (Wildman–Crippen LogP) is 2.93. The van der Waals surface area contributed by atoms with Crippen molar-refractivity contribution in [1.82, 2.24) is 4.90 Å². The molecule has 1 rings (SSSR count). The summed E-state index contributed by atoms with van der Waals surface area (Å²) in [6.07, 6.45) is 0. The second kappa shape index (κ2) is 5.84. The Labute approximate surface area is 97.4 Å². The first-order valence-corrected chi connectivity index (χ1v) is 5.50. The molecule has 0 N–H and O–H groups in total. The van der Waals surface area contributed by atoms with E-state index in [0.29, 0.717) is 13.1 Å². The summed E-state index contributed by atoms with van der Waals surface area (Å²) in [5.74, 6) is -0.256. The summed E-state index contributed by atoms with van der Waals surface area (Å²) in [6, 6.07) is 6.71. The standard InChI is InChI=1S/C11H12BrFN2/c1-2-15(6-5-14)8-9-3-4-10(13)7-11(9)12/h3-4,7H,2,6,8H2,1H3. The van der Waals surface area contributed by atoms with Crippen molar-refractivity contribution >= 4 is 15.9 Å². The van der Waals surface area contributed by atoms with E-state index < -0.39 is 0 Å². The summed E-state index contributed by atoms with van der Waals surface area (Å²) < 4.78 is 13.6. The molecule has 1 aromatic rings. The van der Waals surface area contributed by atoms with E-state index in [1.807, 2.05) is 11.8 Å². The molecule has 0 aliphatic heterocycles. The van der Waals surface area contributed by atoms with Crippen LogP contribution in [0.4, 0.5) is 4.39 Å². The third-order valence-corrected chi connectivity index (χ3v) is 2.89. The maximum atomic E-state index is 12.8. The van der Waals surface area contributed by atoms with Crippen molar-refractivity contribution in [3.8, 4) is 6.07 Å². The zero-order valence-electron chi connectivity index (χ0n) is 8.50. The van der Waals surface area contributed by atoms with E-state index in [1.165, 1.54) is 12.1 Å². The van der Waals surface area contributed by atoms with Crippen molar-refractivity contribution < 1.29 is 4.39 Å². The maximum Gasteiger partial charge on any atom is 0.124 e. The topological polar surface area (TPSA) is 27.0 Å². The third-order valence-electron chi connectivity index (χ3n) is 2.15. The van der Waals surface area contributed by atoms with Gasteiger partial charge in [-0.2, -0.15) is 5.26 Å². The van der Waals surface area contributed by atoms with Crippen LogP contribution in [0.3, 0.4) is 0 Å². The molecule has 0 bridgehead atoms. The Hall–Kier alpha value is -0.920. The van der Waals surface area contributed by atoms with Crippen molar-refractivity contribution in [3.05, 3.63) is 34.1 Å². The fourth-order valence-electron chi connectivity index (χ4n) is 1.27. The number of benzene rings is 1. The van der Waals surface area contributed by atoms with Crippen LogP contribution in [0.25, 0.3) is 0 Å². The van der Waals surface area contributed by atoms with Crippen molar-refractivity contribution in [2.24, 2.45) is 0 Å². The van der Waals surface area contributed by atoms with Gasteiger partial charge in [0.1, 0.15) is 5.82 Å². The lowest BCUT2D eigenvalue weighted by atomic mass is 10.2. The Kier molecular flexibility index (Phi) is 4.73. The van der Waals surface area contributed by atoms with E-state index in [1.54, 1.807) is 6.07 Å². The van der Waals surface area contributed by atoms with Gasteiger partial charge in [-0.3, -0.25) is 4.90 Å². The number of hydrogen-bond acceptors (Lipinski definition) is 2. The van der Waals surface area contributed by atoms with E-state index >= 15 is 0 Å². The average Bonchev–Trinajstić information content (AvgIpc) is 2.21. The van der Waals surface area contributed by atoms with Gasteiger partial charge in [-0.05, 0) is 24.2 Å². The Morgan fingerprint density at radius 1 is 1.53 bits per heavy atom. The summed E-state index contributed by atoms with van der Waals surface area (Å²) in [5.41, 5.74) is 0.994. The van der Waals surface area contributed by atoms with Crippen LogP contribution in [0.15, 0.2) is 22.7 Å². The minimum Gasteiger partial charge on any atom is -0.287 e. The molecule has 1 aromatic carbocycles. The molecule has 0 aromatic heterocycles. The number of rotatable bonds is 4. The Morgan fingerprint density at radius 2 is 2.27 bits per heavy atom. The molecule has 0 aliphatic carbocycles. The monoisotopic (exact) mass is 270 g/mol. The van der Waals surface area contributed by atoms with Crippen molar-refractivity contribution in [1.29, 1.82) is 5.26 Å². The van der Waals surface area contributed by atoms with Gasteiger partial charge in [-0.1, -0.05) is 28.9 Å². The molecule has 0 atom stereocenters. The van der Waals surface area contributed by atoms with Crippen LogP contribution in [-0.4, -0.2) is 18.0 Å². The summed E-state index contributed by atoms with van der Waals surface area (Å²) >= 11 is 3.31. The molecule has 0 unspecified atom stereocenters. The lowest BCUT2D eigenvalue weighted by Crippen LogP contribution is -2.23. The Bertz CT molecular complexity index is 373. The Morgan fingerprint density at radius 3 is 2.80 bits per heavy atom. The second-order valence-electron chi connectivity index (χ2n) is 3.20. The van der Waals surface area contributed by atoms with Gasteiger partial charge >= 0.3 is 0 Å². The SMILES string of the molecule is CCN(CC#N)Cc1ccc(F)cc1Br. The van der Waals surface area contributed by atoms with Crippen LogP contribution in [-0.2, 0) is 6.54 Å². The fourth-order valence-corrected chi connectivity index (χ4v) is 1.75. The molecule has 0 fully saturated rings. The largest absolute Gasteiger partial charge is 0.287 e. The van der Waals surface area contributed by atoms with Gasteiger partial charge in [0.25, 0.3) is 0 Å². The van der Waals surface area contributed by atoms with E-state index in [-0.39, 0.29) is 5.82 Å². The average molecular weight is 271 g/mol. The molecule has 15 heavy (non-hydrogen) atoms. The van der Waals surface area contributed by atoms with E-state index in [4.69, 9.17) is 5.26 Å². The van der Waals surface area contributed by atoms with Gasteiger partial charge in [0, 0.05) is 11.0 Å². The summed E-state index contributed by atoms with van der Waals surface area (Å²) in [5, 5.41) is 8.60. The predicted molar refractivity (Wildman–Crippen MR) is 60.7 cm³/mol. The lowest BCUT2D eigenvalue weighted by molar-refractivity contribution is 0.314. The lowest BCUT2D eigenvalue weighted by Gasteiger charge is -2.17. The number of nitriles is 1. The zero-order chi connectivity index (χ0) is 11.3. The zero-order valence-corrected chi connectivity index (χ0v) is 10.1. The minimum absolute atomic E-state index is 0.256. The van der Waals surface area contributed by atoms with Crippen LogP contribution in [0.1, 0.15) is 12.5 Å². The van der Waals surface area contributed by atoms with E-state index in [0.717, 1.165) is 16.6 Å². The minimum atomic E-state index is -0.256. The Balaban J connectivity index is 2.75. The molecule has 0 amide bonds. The molecule has 0 saturated heterocycles. The molecule has 4 heteroatoms. The highest BCUT2D eigenvalue weighted by Crippen LogP contribution is 2.19. The maximum absolute atomic E-state index is 12.8. The molecule has 0 heterocycles. The second-order valence-corrected chi connectivity index (χ2v) is 4.05. The molecule has 2 nitrogen and oxygen atoms in total. The van der Waals surface area contributed by atoms with Gasteiger partial charge in [-0.25, -0.2) is 4.39 Å². The third kappa shape index (κ3) is 3.61. The first-order valence-electron chi connectivity index (χ1n) is 4.70. The first kappa shape index (κ1) is 12.2. The van der Waals surface area contributed by atoms with Crippen LogP contribution in [0.2, 0.25) is 0 Å². The molecule has 0 spiro atoms. The van der Waals surface area contributed by atoms with Gasteiger partial charge in [0.15, 0.2) is 0 Å². The highest BCUT2D eigenvalue weighted by atomic mass is 79.9. The van der Waals surface area contributed by atoms with Gasteiger partial charge in [0.2, 0.25) is 0 Å². The molecule has 0 saturated carbocycles. The number of halogens is 2. The van der Waals surface area contributed by atoms with E-state index in [9.17, 15) is 4.39 Å². The molecule has 0 aliphatic rings. The smallest absolute Gasteiger partial charge is 0.124 e. The summed E-state index contributed by atoms with van der Waals surface area (Å²) in [7, 11) is 0. The van der Waals surface area contributed by atoms with Crippen LogP contribution < -0.4 is 0 Å². The van der Waals surface area contributed by atoms with Crippen LogP contribution in [0.5, 0.6) is 0 Å². The quantitative estimate of drug-likeness (QED) is 0.787. The summed E-state index contributed by atoms with van der Waals surface area (Å²) in [6.45, 7) is 3.84. The first-order chi connectivity index (χ1) is 7.17. The normalized spacial score (nSPS) is 10.3. The summed E-state index contributed by atoms with van der Waals surface area (Å²) in [4.78, 5) is 1.98. The molecular weight excluding hydrogens is 259 g/mol. The van der Waals surface area contributed by atoms with E-state index in [2.05, 4.69) is 22.0 Å². The number of hydrogen-bond donors (Lipinski definition) is 0. The van der Waals surface area contributed by atoms with Gasteiger partial charge in [0.05, 0.1) is 12.6 Å². The molecule has 0 radical (unpaired) electrons.